The SMILES string of the molecule is O=C(O)CCCCCCCC=CCCCCCCBr. The van der Waals surface area contributed by atoms with Crippen molar-refractivity contribution in [3.63, 3.8) is 0 Å². The maximum atomic E-state index is 10.3. The lowest BCUT2D eigenvalue weighted by Crippen LogP contribution is -1.93. The summed E-state index contributed by atoms with van der Waals surface area (Å²) in [5.74, 6) is -0.668. The standard InChI is InChI=1S/C16H29BrO2/c17-15-13-11-9-7-5-3-1-2-4-6-8-10-12-14-16(18)19/h1,3H,2,4-15H2,(H,18,19). The summed E-state index contributed by atoms with van der Waals surface area (Å²) in [6.07, 6.45) is 18.2. The molecule has 0 aromatic rings. The second-order valence-corrected chi connectivity index (χ2v) is 5.86. The highest BCUT2D eigenvalue weighted by Gasteiger charge is 1.95. The fraction of sp³-hybridized carbons (Fsp3) is 0.812. The van der Waals surface area contributed by atoms with Gasteiger partial charge in [0.15, 0.2) is 0 Å². The van der Waals surface area contributed by atoms with Gasteiger partial charge in [-0.15, -0.1) is 0 Å². The van der Waals surface area contributed by atoms with E-state index in [4.69, 9.17) is 5.11 Å². The van der Waals surface area contributed by atoms with Crippen LogP contribution >= 0.6 is 15.9 Å². The summed E-state index contributed by atoms with van der Waals surface area (Å²) in [6, 6.07) is 0. The number of rotatable bonds is 14. The average Bonchev–Trinajstić information content (AvgIpc) is 2.39. The number of hydrogen-bond donors (Lipinski definition) is 1. The largest absolute Gasteiger partial charge is 0.481 e. The number of alkyl halides is 1. The van der Waals surface area contributed by atoms with E-state index in [2.05, 4.69) is 28.1 Å². The van der Waals surface area contributed by atoms with Crippen LogP contribution in [-0.2, 0) is 4.79 Å². The molecule has 0 amide bonds. The van der Waals surface area contributed by atoms with E-state index in [-0.39, 0.29) is 0 Å². The molecular weight excluding hydrogens is 304 g/mol. The fourth-order valence-electron chi connectivity index (χ4n) is 2.01. The van der Waals surface area contributed by atoms with Crippen molar-refractivity contribution in [3.8, 4) is 0 Å². The minimum atomic E-state index is -0.668. The third-order valence-corrected chi connectivity index (χ3v) is 3.74. The van der Waals surface area contributed by atoms with Gasteiger partial charge in [-0.25, -0.2) is 0 Å². The molecule has 0 atom stereocenters. The first-order chi connectivity index (χ1) is 9.27. The summed E-state index contributed by atoms with van der Waals surface area (Å²) in [5, 5.41) is 9.63. The average molecular weight is 333 g/mol. The number of unbranched alkanes of at least 4 members (excludes halogenated alkanes) is 9. The molecule has 0 saturated heterocycles. The molecule has 0 aliphatic rings. The lowest BCUT2D eigenvalue weighted by atomic mass is 10.1. The highest BCUT2D eigenvalue weighted by atomic mass is 79.9. The van der Waals surface area contributed by atoms with Gasteiger partial charge >= 0.3 is 5.97 Å². The van der Waals surface area contributed by atoms with Crippen molar-refractivity contribution in [3.05, 3.63) is 12.2 Å². The summed E-state index contributed by atoms with van der Waals surface area (Å²) in [6.45, 7) is 0. The Morgan fingerprint density at radius 3 is 1.79 bits per heavy atom. The first-order valence-corrected chi connectivity index (χ1v) is 8.82. The van der Waals surface area contributed by atoms with Crippen LogP contribution in [0.2, 0.25) is 0 Å². The molecule has 0 unspecified atom stereocenters. The van der Waals surface area contributed by atoms with Crippen LogP contribution < -0.4 is 0 Å². The van der Waals surface area contributed by atoms with E-state index in [1.165, 1.54) is 57.8 Å². The Bertz CT molecular complexity index is 227. The zero-order chi connectivity index (χ0) is 14.2. The first-order valence-electron chi connectivity index (χ1n) is 7.70. The monoisotopic (exact) mass is 332 g/mol. The zero-order valence-electron chi connectivity index (χ0n) is 12.1. The van der Waals surface area contributed by atoms with Crippen molar-refractivity contribution in [2.24, 2.45) is 0 Å². The van der Waals surface area contributed by atoms with Crippen molar-refractivity contribution >= 4 is 21.9 Å². The Kier molecular flexibility index (Phi) is 15.5. The van der Waals surface area contributed by atoms with Gasteiger partial charge in [0.2, 0.25) is 0 Å². The zero-order valence-corrected chi connectivity index (χ0v) is 13.7. The van der Waals surface area contributed by atoms with Crippen LogP contribution in [-0.4, -0.2) is 16.4 Å². The van der Waals surface area contributed by atoms with E-state index in [9.17, 15) is 4.79 Å². The van der Waals surface area contributed by atoms with E-state index in [1.54, 1.807) is 0 Å². The lowest BCUT2D eigenvalue weighted by molar-refractivity contribution is -0.137. The Morgan fingerprint density at radius 2 is 1.26 bits per heavy atom. The van der Waals surface area contributed by atoms with Gasteiger partial charge in [-0.3, -0.25) is 4.79 Å². The van der Waals surface area contributed by atoms with Gasteiger partial charge in [0.1, 0.15) is 0 Å². The quantitative estimate of drug-likeness (QED) is 0.251. The molecule has 0 aromatic carbocycles. The fourth-order valence-corrected chi connectivity index (χ4v) is 2.41. The Morgan fingerprint density at radius 1 is 0.789 bits per heavy atom. The Balaban J connectivity index is 3.06. The topological polar surface area (TPSA) is 37.3 Å². The van der Waals surface area contributed by atoms with Crippen LogP contribution in [0, 0.1) is 0 Å². The van der Waals surface area contributed by atoms with Crippen molar-refractivity contribution in [1.29, 1.82) is 0 Å². The molecular formula is C16H29BrO2. The molecule has 3 heteroatoms. The van der Waals surface area contributed by atoms with Gasteiger partial charge in [0, 0.05) is 11.8 Å². The van der Waals surface area contributed by atoms with Gasteiger partial charge in [-0.05, 0) is 38.5 Å². The smallest absolute Gasteiger partial charge is 0.303 e. The Hall–Kier alpha value is -0.310. The molecule has 19 heavy (non-hydrogen) atoms. The lowest BCUT2D eigenvalue weighted by Gasteiger charge is -1.98. The molecule has 0 spiro atoms. The third-order valence-electron chi connectivity index (χ3n) is 3.18. The molecule has 2 nitrogen and oxygen atoms in total. The second kappa shape index (κ2) is 15.7. The minimum absolute atomic E-state index is 0.328. The van der Waals surface area contributed by atoms with Crippen molar-refractivity contribution < 1.29 is 9.90 Å². The third kappa shape index (κ3) is 17.7. The number of aliphatic carboxylic acids is 1. The predicted octanol–water partition coefficient (Wildman–Crippen LogP) is 5.70. The number of carboxylic acids is 1. The van der Waals surface area contributed by atoms with Crippen molar-refractivity contribution in [1.82, 2.24) is 0 Å². The van der Waals surface area contributed by atoms with Gasteiger partial charge < -0.3 is 5.11 Å². The van der Waals surface area contributed by atoms with Crippen LogP contribution in [0.3, 0.4) is 0 Å². The minimum Gasteiger partial charge on any atom is -0.481 e. The summed E-state index contributed by atoms with van der Waals surface area (Å²) in [7, 11) is 0. The van der Waals surface area contributed by atoms with Crippen LogP contribution in [0.1, 0.15) is 77.0 Å². The normalized spacial score (nSPS) is 11.2. The molecule has 0 aromatic heterocycles. The van der Waals surface area contributed by atoms with Gasteiger partial charge in [0.25, 0.3) is 0 Å². The first kappa shape index (κ1) is 18.7. The highest BCUT2D eigenvalue weighted by Crippen LogP contribution is 2.09. The maximum Gasteiger partial charge on any atom is 0.303 e. The second-order valence-electron chi connectivity index (χ2n) is 5.06. The molecule has 0 radical (unpaired) electrons. The number of allylic oxidation sites excluding steroid dienone is 2. The number of carboxylic acid groups (broad SMARTS) is 1. The van der Waals surface area contributed by atoms with E-state index >= 15 is 0 Å². The van der Waals surface area contributed by atoms with Crippen LogP contribution in [0.15, 0.2) is 12.2 Å². The molecule has 0 rings (SSSR count). The summed E-state index contributed by atoms with van der Waals surface area (Å²) in [5.41, 5.74) is 0. The number of halogens is 1. The molecule has 0 saturated carbocycles. The summed E-state index contributed by atoms with van der Waals surface area (Å²) < 4.78 is 0. The Labute approximate surface area is 126 Å². The molecule has 0 heterocycles. The predicted molar refractivity (Wildman–Crippen MR) is 86.0 cm³/mol. The number of carbonyl (C=O) groups is 1. The summed E-state index contributed by atoms with van der Waals surface area (Å²) >= 11 is 3.45. The maximum absolute atomic E-state index is 10.3. The molecule has 0 aliphatic carbocycles. The molecule has 0 aliphatic heterocycles. The van der Waals surface area contributed by atoms with E-state index < -0.39 is 5.97 Å². The van der Waals surface area contributed by atoms with Gasteiger partial charge in [-0.2, -0.15) is 0 Å². The van der Waals surface area contributed by atoms with Crippen LogP contribution in [0.25, 0.3) is 0 Å². The van der Waals surface area contributed by atoms with Crippen molar-refractivity contribution in [2.45, 2.75) is 77.0 Å². The molecule has 1 N–H and O–H groups in total. The van der Waals surface area contributed by atoms with Gasteiger partial charge in [0.05, 0.1) is 0 Å². The van der Waals surface area contributed by atoms with Crippen LogP contribution in [0.4, 0.5) is 0 Å². The van der Waals surface area contributed by atoms with Crippen LogP contribution in [0.5, 0.6) is 0 Å². The van der Waals surface area contributed by atoms with E-state index in [0.717, 1.165) is 18.2 Å². The number of hydrogen-bond acceptors (Lipinski definition) is 1. The van der Waals surface area contributed by atoms with E-state index in [0.29, 0.717) is 6.42 Å². The summed E-state index contributed by atoms with van der Waals surface area (Å²) in [4.78, 5) is 10.3. The molecule has 0 fully saturated rings. The van der Waals surface area contributed by atoms with Gasteiger partial charge in [-0.1, -0.05) is 60.2 Å². The highest BCUT2D eigenvalue weighted by molar-refractivity contribution is 9.09. The molecule has 0 bridgehead atoms. The van der Waals surface area contributed by atoms with E-state index in [1.807, 2.05) is 0 Å². The van der Waals surface area contributed by atoms with Crippen molar-refractivity contribution in [2.75, 3.05) is 5.33 Å². The molecule has 112 valence electrons.